The smallest absolute Gasteiger partial charge is 0.247 e. The van der Waals surface area contributed by atoms with Crippen molar-refractivity contribution in [3.63, 3.8) is 0 Å². The quantitative estimate of drug-likeness (QED) is 0.205. The lowest BCUT2D eigenvalue weighted by Crippen LogP contribution is -2.54. The number of aliphatic hydroxyl groups is 2. The molecule has 222 valence electrons. The van der Waals surface area contributed by atoms with E-state index in [1.165, 1.54) is 19.3 Å². The lowest BCUT2D eigenvalue weighted by Gasteiger charge is -2.41. The summed E-state index contributed by atoms with van der Waals surface area (Å²) in [7, 11) is 1.43. The van der Waals surface area contributed by atoms with Gasteiger partial charge in [-0.15, -0.1) is 0 Å². The lowest BCUT2D eigenvalue weighted by atomic mass is 9.87. The second kappa shape index (κ2) is 15.7. The van der Waals surface area contributed by atoms with Gasteiger partial charge in [-0.25, -0.2) is 0 Å². The molecule has 0 bridgehead atoms. The third kappa shape index (κ3) is 8.57. The maximum atomic E-state index is 13.5. The number of nitrogens with one attached hydrogen (secondary N) is 1. The normalized spacial score (nSPS) is 18.3. The Bertz CT molecular complexity index is 1290. The Morgan fingerprint density at radius 1 is 1.22 bits per heavy atom. The number of amides is 2. The fourth-order valence-electron chi connectivity index (χ4n) is 4.53. The SMILES string of the molecule is CCCCC(=O)N(Cc1ccc(Cl)c(Cl)c1)C1CC(C(=O)NCCO)=CC(Oc2c(I)cc(C=O)cc2OC)C1O. The zero-order valence-electron chi connectivity index (χ0n) is 22.7. The molecule has 3 rings (SSSR count). The number of unbranched alkanes of at least 4 members (excludes halogenated alkanes) is 1. The predicted molar refractivity (Wildman–Crippen MR) is 165 cm³/mol. The van der Waals surface area contributed by atoms with Crippen LogP contribution in [0.3, 0.4) is 0 Å². The van der Waals surface area contributed by atoms with Crippen LogP contribution in [0.1, 0.15) is 48.5 Å². The summed E-state index contributed by atoms with van der Waals surface area (Å²) in [5.41, 5.74) is 1.38. The van der Waals surface area contributed by atoms with Crippen LogP contribution in [0.2, 0.25) is 10.0 Å². The number of hydrogen-bond acceptors (Lipinski definition) is 7. The summed E-state index contributed by atoms with van der Waals surface area (Å²) in [4.78, 5) is 39.5. The van der Waals surface area contributed by atoms with E-state index in [-0.39, 0.29) is 49.9 Å². The van der Waals surface area contributed by atoms with E-state index in [4.69, 9.17) is 32.7 Å². The number of hydrogen-bond donors (Lipinski definition) is 3. The number of aliphatic hydroxyl groups excluding tert-OH is 2. The standard InChI is InChI=1S/C29H33Cl2IN2O7/c1-3-4-5-26(37)34(15-17-6-7-20(30)21(31)10-17)23-13-19(29(39)33-8-9-35)14-24(27(23)38)41-28-22(32)11-18(16-36)12-25(28)40-2/h6-7,10-12,14,16,23-24,27,35,38H,3-5,8-9,13,15H2,1-2H3,(H,33,39). The van der Waals surface area contributed by atoms with Gasteiger partial charge in [0.1, 0.15) is 18.5 Å². The van der Waals surface area contributed by atoms with Gasteiger partial charge in [-0.3, -0.25) is 14.4 Å². The number of carbonyl (C=O) groups is 3. The average Bonchev–Trinajstić information content (AvgIpc) is 2.96. The third-order valence-electron chi connectivity index (χ3n) is 6.66. The molecule has 0 saturated heterocycles. The molecule has 3 unspecified atom stereocenters. The fraction of sp³-hybridized carbons (Fsp3) is 0.414. The number of nitrogens with zero attached hydrogens (tertiary/aromatic N) is 1. The van der Waals surface area contributed by atoms with Crippen LogP contribution >= 0.6 is 45.8 Å². The number of aldehydes is 1. The highest BCUT2D eigenvalue weighted by Gasteiger charge is 2.41. The highest BCUT2D eigenvalue weighted by molar-refractivity contribution is 14.1. The van der Waals surface area contributed by atoms with Crippen LogP contribution in [-0.4, -0.2) is 71.7 Å². The molecule has 3 N–H and O–H groups in total. The maximum absolute atomic E-state index is 13.5. The van der Waals surface area contributed by atoms with E-state index in [0.717, 1.165) is 6.42 Å². The minimum atomic E-state index is -1.23. The van der Waals surface area contributed by atoms with Crippen LogP contribution in [0.15, 0.2) is 42.0 Å². The number of methoxy groups -OCH3 is 1. The molecule has 3 atom stereocenters. The number of ether oxygens (including phenoxy) is 2. The topological polar surface area (TPSA) is 125 Å². The summed E-state index contributed by atoms with van der Waals surface area (Å²) in [5.74, 6) is -0.0824. The first-order chi connectivity index (χ1) is 19.6. The molecule has 1 aliphatic carbocycles. The molecule has 2 aromatic carbocycles. The summed E-state index contributed by atoms with van der Waals surface area (Å²) in [6.07, 6.45) is 1.67. The molecule has 2 aromatic rings. The first kappa shape index (κ1) is 33.1. The Balaban J connectivity index is 2.05. The van der Waals surface area contributed by atoms with E-state index in [0.29, 0.717) is 43.0 Å². The third-order valence-corrected chi connectivity index (χ3v) is 8.20. The zero-order chi connectivity index (χ0) is 30.1. The Hall–Kier alpha value is -2.38. The number of carbonyl (C=O) groups excluding carboxylic acids is 3. The predicted octanol–water partition coefficient (Wildman–Crippen LogP) is 4.55. The van der Waals surface area contributed by atoms with Gasteiger partial charge in [-0.1, -0.05) is 42.6 Å². The van der Waals surface area contributed by atoms with E-state index in [9.17, 15) is 24.6 Å². The van der Waals surface area contributed by atoms with E-state index in [1.807, 2.05) is 29.5 Å². The number of halogens is 3. The van der Waals surface area contributed by atoms with Crippen molar-refractivity contribution in [1.29, 1.82) is 0 Å². The summed E-state index contributed by atoms with van der Waals surface area (Å²) < 4.78 is 12.3. The Kier molecular flexibility index (Phi) is 12.7. The second-order valence-corrected chi connectivity index (χ2v) is 11.5. The Labute approximate surface area is 262 Å². The molecular weight excluding hydrogens is 686 g/mol. The highest BCUT2D eigenvalue weighted by atomic mass is 127. The van der Waals surface area contributed by atoms with Gasteiger partial charge in [-0.05, 0) is 64.9 Å². The summed E-state index contributed by atoms with van der Waals surface area (Å²) in [6, 6.07) is 7.35. The van der Waals surface area contributed by atoms with Crippen molar-refractivity contribution in [3.05, 3.63) is 66.7 Å². The fourth-order valence-corrected chi connectivity index (χ4v) is 5.61. The molecule has 0 spiro atoms. The van der Waals surface area contributed by atoms with Crippen molar-refractivity contribution in [2.75, 3.05) is 20.3 Å². The van der Waals surface area contributed by atoms with Gasteiger partial charge < -0.3 is 29.9 Å². The van der Waals surface area contributed by atoms with E-state index in [2.05, 4.69) is 5.32 Å². The maximum Gasteiger partial charge on any atom is 0.247 e. The van der Waals surface area contributed by atoms with Crippen LogP contribution < -0.4 is 14.8 Å². The molecule has 0 radical (unpaired) electrons. The first-order valence-corrected chi connectivity index (χ1v) is 15.0. The second-order valence-electron chi connectivity index (χ2n) is 9.54. The van der Waals surface area contributed by atoms with Crippen molar-refractivity contribution >= 4 is 63.9 Å². The molecule has 41 heavy (non-hydrogen) atoms. The monoisotopic (exact) mass is 718 g/mol. The number of benzene rings is 2. The van der Waals surface area contributed by atoms with Crippen LogP contribution in [-0.2, 0) is 16.1 Å². The molecule has 0 fully saturated rings. The van der Waals surface area contributed by atoms with Crippen LogP contribution in [0.4, 0.5) is 0 Å². The zero-order valence-corrected chi connectivity index (χ0v) is 26.4. The highest BCUT2D eigenvalue weighted by Crippen LogP contribution is 2.37. The van der Waals surface area contributed by atoms with E-state index in [1.54, 1.807) is 29.2 Å². The van der Waals surface area contributed by atoms with Crippen LogP contribution in [0.25, 0.3) is 0 Å². The molecule has 0 heterocycles. The Morgan fingerprint density at radius 3 is 2.61 bits per heavy atom. The first-order valence-electron chi connectivity index (χ1n) is 13.1. The molecule has 9 nitrogen and oxygen atoms in total. The van der Waals surface area contributed by atoms with Crippen LogP contribution in [0, 0.1) is 3.57 Å². The lowest BCUT2D eigenvalue weighted by molar-refractivity contribution is -0.139. The minimum absolute atomic E-state index is 0.0379. The van der Waals surface area contributed by atoms with Gasteiger partial charge in [0, 0.05) is 37.1 Å². The van der Waals surface area contributed by atoms with Gasteiger partial charge in [0.2, 0.25) is 11.8 Å². The summed E-state index contributed by atoms with van der Waals surface area (Å²) in [6.45, 7) is 1.89. The molecule has 0 saturated carbocycles. The molecule has 1 aliphatic rings. The van der Waals surface area contributed by atoms with Crippen molar-refractivity contribution in [1.82, 2.24) is 10.2 Å². The van der Waals surface area contributed by atoms with E-state index < -0.39 is 24.2 Å². The summed E-state index contributed by atoms with van der Waals surface area (Å²) in [5, 5.41) is 24.2. The van der Waals surface area contributed by atoms with Crippen molar-refractivity contribution in [2.24, 2.45) is 0 Å². The largest absolute Gasteiger partial charge is 0.493 e. The molecule has 2 amide bonds. The van der Waals surface area contributed by atoms with Crippen molar-refractivity contribution in [3.8, 4) is 11.5 Å². The molecule has 12 heteroatoms. The van der Waals surface area contributed by atoms with Gasteiger partial charge >= 0.3 is 0 Å². The van der Waals surface area contributed by atoms with Crippen molar-refractivity contribution < 1.29 is 34.1 Å². The van der Waals surface area contributed by atoms with Gasteiger partial charge in [0.15, 0.2) is 11.5 Å². The van der Waals surface area contributed by atoms with Gasteiger partial charge in [0.05, 0.1) is 33.4 Å². The molecule has 0 aliphatic heterocycles. The molecule has 0 aromatic heterocycles. The molecular formula is C29H33Cl2IN2O7. The van der Waals surface area contributed by atoms with Gasteiger partial charge in [-0.2, -0.15) is 0 Å². The van der Waals surface area contributed by atoms with E-state index >= 15 is 0 Å². The average molecular weight is 719 g/mol. The van der Waals surface area contributed by atoms with Crippen LogP contribution in [0.5, 0.6) is 11.5 Å². The van der Waals surface area contributed by atoms with Gasteiger partial charge in [0.25, 0.3) is 0 Å². The number of rotatable bonds is 13. The Morgan fingerprint density at radius 2 is 1.98 bits per heavy atom. The minimum Gasteiger partial charge on any atom is -0.493 e. The van der Waals surface area contributed by atoms with Crippen molar-refractivity contribution in [2.45, 2.75) is 57.4 Å². The summed E-state index contributed by atoms with van der Waals surface area (Å²) >= 11 is 14.3.